The van der Waals surface area contributed by atoms with Gasteiger partial charge in [-0.2, -0.15) is 5.26 Å². The Morgan fingerprint density at radius 3 is 1.71 bits per heavy atom. The van der Waals surface area contributed by atoms with Crippen molar-refractivity contribution in [2.75, 3.05) is 0 Å². The van der Waals surface area contributed by atoms with Gasteiger partial charge in [-0.1, -0.05) is 133 Å². The summed E-state index contributed by atoms with van der Waals surface area (Å²) >= 11 is 0. The molecule has 9 aromatic rings. The van der Waals surface area contributed by atoms with Gasteiger partial charge in [0.1, 0.15) is 0 Å². The van der Waals surface area contributed by atoms with Gasteiger partial charge in [0.25, 0.3) is 0 Å². The zero-order chi connectivity index (χ0) is 35.0. The van der Waals surface area contributed by atoms with Crippen LogP contribution < -0.4 is 0 Å². The fourth-order valence-corrected chi connectivity index (χ4v) is 7.14. The number of rotatable bonds is 5. The van der Waals surface area contributed by atoms with E-state index in [1.807, 2.05) is 84.9 Å². The molecule has 0 saturated carbocycles. The lowest BCUT2D eigenvalue weighted by molar-refractivity contribution is 1.30. The summed E-state index contributed by atoms with van der Waals surface area (Å²) in [6, 6.07) is 56.8. The Morgan fingerprint density at radius 2 is 1.04 bits per heavy atom. The predicted octanol–water partition coefficient (Wildman–Crippen LogP) is 12.1. The predicted molar refractivity (Wildman–Crippen MR) is 211 cm³/mol. The zero-order valence-electron chi connectivity index (χ0n) is 27.8. The third-order valence-corrected chi connectivity index (χ3v) is 9.45. The molecule has 5 heteroatoms. The van der Waals surface area contributed by atoms with Crippen LogP contribution in [-0.2, 0) is 0 Å². The van der Waals surface area contributed by atoms with Crippen molar-refractivity contribution in [3.8, 4) is 62.1 Å². The van der Waals surface area contributed by atoms with Gasteiger partial charge in [0.2, 0.25) is 0 Å². The Bertz CT molecular complexity index is 2870. The molecule has 52 heavy (non-hydrogen) atoms. The molecule has 0 radical (unpaired) electrons. The summed E-state index contributed by atoms with van der Waals surface area (Å²) in [5.74, 6) is 0. The van der Waals surface area contributed by atoms with Crippen LogP contribution in [0.5, 0.6) is 0 Å². The molecule has 7 aromatic carbocycles. The molecule has 5 nitrogen and oxygen atoms in total. The molecule has 0 aliphatic carbocycles. The standard InChI is InChI=1S/C47H27N5/c1-49-35-26-30(29-48)25-34(27-35)36-21-11-12-22-37(36)46-43-42(38-23-13-14-24-40(38)50-46)39(31-15-5-2-6-16-31)28-41-47(43)52-45(33-19-9-4-10-20-33)44(51-41)32-17-7-3-8-18-32/h2-28H. The van der Waals surface area contributed by atoms with Crippen LogP contribution >= 0.6 is 0 Å². The van der Waals surface area contributed by atoms with Gasteiger partial charge in [0.15, 0.2) is 5.69 Å². The summed E-state index contributed by atoms with van der Waals surface area (Å²) in [5.41, 5.74) is 12.0. The molecule has 0 atom stereocenters. The van der Waals surface area contributed by atoms with E-state index in [1.165, 1.54) is 0 Å². The normalized spacial score (nSPS) is 11.0. The van der Waals surface area contributed by atoms with E-state index in [-0.39, 0.29) is 0 Å². The number of nitrogens with zero attached hydrogens (tertiary/aromatic N) is 5. The molecule has 0 saturated heterocycles. The molecule has 0 amide bonds. The van der Waals surface area contributed by atoms with E-state index in [2.05, 4.69) is 83.7 Å². The third-order valence-electron chi connectivity index (χ3n) is 9.45. The molecule has 0 unspecified atom stereocenters. The van der Waals surface area contributed by atoms with Crippen molar-refractivity contribution < 1.29 is 0 Å². The number of pyridine rings is 1. The first-order chi connectivity index (χ1) is 25.7. The molecule has 9 rings (SSSR count). The molecule has 2 heterocycles. The highest BCUT2D eigenvalue weighted by Gasteiger charge is 2.23. The first-order valence-corrected chi connectivity index (χ1v) is 17.0. The minimum atomic E-state index is 0.406. The van der Waals surface area contributed by atoms with Gasteiger partial charge in [-0.05, 0) is 52.6 Å². The highest BCUT2D eigenvalue weighted by Crippen LogP contribution is 2.45. The van der Waals surface area contributed by atoms with Gasteiger partial charge < -0.3 is 0 Å². The summed E-state index contributed by atoms with van der Waals surface area (Å²) in [7, 11) is 0. The van der Waals surface area contributed by atoms with Crippen LogP contribution in [0.15, 0.2) is 164 Å². The maximum atomic E-state index is 9.88. The van der Waals surface area contributed by atoms with Crippen molar-refractivity contribution in [1.29, 1.82) is 5.26 Å². The number of hydrogen-bond donors (Lipinski definition) is 0. The highest BCUT2D eigenvalue weighted by molar-refractivity contribution is 6.25. The molecular weight excluding hydrogens is 635 g/mol. The molecule has 0 spiro atoms. The minimum Gasteiger partial charge on any atom is -0.247 e. The number of benzene rings is 7. The van der Waals surface area contributed by atoms with Gasteiger partial charge in [0.05, 0.1) is 46.3 Å². The SMILES string of the molecule is [C-]#[N+]c1cc(C#N)cc(-c2ccccc2-c2nc3ccccc3c3c(-c4ccccc4)cc4nc(-c5ccccc5)c(-c5ccccc5)nc4c23)c1. The van der Waals surface area contributed by atoms with Crippen LogP contribution in [0.2, 0.25) is 0 Å². The second-order valence-electron chi connectivity index (χ2n) is 12.6. The van der Waals surface area contributed by atoms with Crippen molar-refractivity contribution in [2.24, 2.45) is 0 Å². The van der Waals surface area contributed by atoms with Crippen molar-refractivity contribution in [1.82, 2.24) is 15.0 Å². The highest BCUT2D eigenvalue weighted by atomic mass is 14.8. The van der Waals surface area contributed by atoms with Crippen LogP contribution in [0.4, 0.5) is 5.69 Å². The Balaban J connectivity index is 1.49. The van der Waals surface area contributed by atoms with Gasteiger partial charge >= 0.3 is 0 Å². The number of aromatic nitrogens is 3. The van der Waals surface area contributed by atoms with Crippen molar-refractivity contribution in [2.45, 2.75) is 0 Å². The molecule has 240 valence electrons. The van der Waals surface area contributed by atoms with E-state index in [0.29, 0.717) is 11.3 Å². The lowest BCUT2D eigenvalue weighted by Crippen LogP contribution is -2.00. The molecular formula is C47H27N5. The Morgan fingerprint density at radius 1 is 0.462 bits per heavy atom. The summed E-state index contributed by atoms with van der Waals surface area (Å²) in [4.78, 5) is 20.1. The monoisotopic (exact) mass is 661 g/mol. The maximum absolute atomic E-state index is 9.88. The average molecular weight is 662 g/mol. The summed E-state index contributed by atoms with van der Waals surface area (Å²) < 4.78 is 0. The second-order valence-corrected chi connectivity index (χ2v) is 12.6. The first kappa shape index (κ1) is 30.6. The Hall–Kier alpha value is -7.47. The molecule has 0 N–H and O–H groups in total. The van der Waals surface area contributed by atoms with Gasteiger partial charge in [-0.15, -0.1) is 0 Å². The average Bonchev–Trinajstić information content (AvgIpc) is 3.23. The molecule has 0 aliphatic heterocycles. The van der Waals surface area contributed by atoms with E-state index in [4.69, 9.17) is 21.5 Å². The van der Waals surface area contributed by atoms with Crippen molar-refractivity contribution >= 4 is 38.4 Å². The summed E-state index contributed by atoms with van der Waals surface area (Å²) in [5, 5.41) is 12.8. The van der Waals surface area contributed by atoms with E-state index >= 15 is 0 Å². The van der Waals surface area contributed by atoms with Crippen LogP contribution in [0.1, 0.15) is 5.56 Å². The van der Waals surface area contributed by atoms with E-state index < -0.39 is 0 Å². The van der Waals surface area contributed by atoms with E-state index in [1.54, 1.807) is 6.07 Å². The molecule has 2 aromatic heterocycles. The Kier molecular flexibility index (Phi) is 7.51. The largest absolute Gasteiger partial charge is 0.247 e. The number of hydrogen-bond acceptors (Lipinski definition) is 4. The first-order valence-electron chi connectivity index (χ1n) is 17.0. The van der Waals surface area contributed by atoms with Crippen LogP contribution in [0, 0.1) is 17.9 Å². The molecule has 0 fully saturated rings. The number of fused-ring (bicyclic) bond motifs is 5. The van der Waals surface area contributed by atoms with E-state index in [9.17, 15) is 5.26 Å². The smallest absolute Gasteiger partial charge is 0.189 e. The van der Waals surface area contributed by atoms with Crippen LogP contribution in [-0.4, -0.2) is 15.0 Å². The zero-order valence-corrected chi connectivity index (χ0v) is 27.8. The number of nitriles is 1. The fourth-order valence-electron chi connectivity index (χ4n) is 7.14. The van der Waals surface area contributed by atoms with Gasteiger partial charge in [0, 0.05) is 38.4 Å². The minimum absolute atomic E-state index is 0.406. The van der Waals surface area contributed by atoms with E-state index in [0.717, 1.165) is 88.7 Å². The fraction of sp³-hybridized carbons (Fsp3) is 0. The van der Waals surface area contributed by atoms with Crippen molar-refractivity contribution in [3.05, 3.63) is 181 Å². The topological polar surface area (TPSA) is 66.8 Å². The van der Waals surface area contributed by atoms with Crippen LogP contribution in [0.25, 0.3) is 93.6 Å². The molecule has 0 aliphatic rings. The summed E-state index contributed by atoms with van der Waals surface area (Å²) in [6.45, 7) is 7.74. The molecule has 0 bridgehead atoms. The maximum Gasteiger partial charge on any atom is 0.189 e. The third kappa shape index (κ3) is 5.22. The lowest BCUT2D eigenvalue weighted by Gasteiger charge is -2.19. The van der Waals surface area contributed by atoms with Crippen LogP contribution in [0.3, 0.4) is 0 Å². The Labute approximate surface area is 300 Å². The second kappa shape index (κ2) is 12.8. The van der Waals surface area contributed by atoms with Gasteiger partial charge in [-0.25, -0.2) is 19.8 Å². The van der Waals surface area contributed by atoms with Gasteiger partial charge in [-0.3, -0.25) is 0 Å². The van der Waals surface area contributed by atoms with Crippen molar-refractivity contribution in [3.63, 3.8) is 0 Å². The number of para-hydroxylation sites is 1. The quantitative estimate of drug-likeness (QED) is 0.136. The summed E-state index contributed by atoms with van der Waals surface area (Å²) in [6.07, 6.45) is 0. The lowest BCUT2D eigenvalue weighted by atomic mass is 9.89.